The predicted molar refractivity (Wildman–Crippen MR) is 159 cm³/mol. The smallest absolute Gasteiger partial charge is 0.339 e. The summed E-state index contributed by atoms with van der Waals surface area (Å²) in [4.78, 5) is 16.4. The predicted octanol–water partition coefficient (Wildman–Crippen LogP) is 7.65. The van der Waals surface area contributed by atoms with Crippen LogP contribution in [0.15, 0.2) is 78.9 Å². The van der Waals surface area contributed by atoms with Gasteiger partial charge in [-0.05, 0) is 78.4 Å². The third kappa shape index (κ3) is 7.50. The van der Waals surface area contributed by atoms with Crippen molar-refractivity contribution in [1.29, 1.82) is 0 Å². The van der Waals surface area contributed by atoms with Crippen LogP contribution in [0.4, 0.5) is 0 Å². The van der Waals surface area contributed by atoms with Gasteiger partial charge in [-0.3, -0.25) is 0 Å². The molecule has 40 heavy (non-hydrogen) atoms. The molecular formula is C33H30ClNO5. The summed E-state index contributed by atoms with van der Waals surface area (Å²) in [6, 6.07) is 22.6. The van der Waals surface area contributed by atoms with E-state index in [1.807, 2.05) is 72.8 Å². The van der Waals surface area contributed by atoms with Gasteiger partial charge in [0.2, 0.25) is 0 Å². The van der Waals surface area contributed by atoms with E-state index in [1.165, 1.54) is 26.0 Å². The van der Waals surface area contributed by atoms with Crippen molar-refractivity contribution in [3.63, 3.8) is 0 Å². The highest BCUT2D eigenvalue weighted by Gasteiger charge is 2.23. The van der Waals surface area contributed by atoms with Crippen molar-refractivity contribution in [2.75, 3.05) is 20.3 Å². The Morgan fingerprint density at radius 1 is 1.02 bits per heavy atom. The van der Waals surface area contributed by atoms with Gasteiger partial charge in [0.15, 0.2) is 0 Å². The maximum atomic E-state index is 11.7. The second kappa shape index (κ2) is 12.8. The van der Waals surface area contributed by atoms with Gasteiger partial charge in [0.25, 0.3) is 0 Å². The fourth-order valence-electron chi connectivity index (χ4n) is 4.17. The topological polar surface area (TPSA) is 77.9 Å². The van der Waals surface area contributed by atoms with Gasteiger partial charge in [0.05, 0.1) is 24.9 Å². The molecule has 1 N–H and O–H groups in total. The number of rotatable bonds is 12. The first-order valence-corrected chi connectivity index (χ1v) is 13.5. The molecule has 1 saturated carbocycles. The molecule has 5 rings (SSSR count). The number of halogens is 1. The van der Waals surface area contributed by atoms with Crippen LogP contribution < -0.4 is 9.47 Å². The van der Waals surface area contributed by atoms with E-state index in [0.29, 0.717) is 23.3 Å². The molecule has 1 aromatic heterocycles. The maximum Gasteiger partial charge on any atom is 0.339 e. The number of carbonyl (C=O) groups is 1. The first-order chi connectivity index (χ1) is 19.5. The molecule has 1 aliphatic rings. The number of carboxylic acid groups (broad SMARTS) is 1. The quantitative estimate of drug-likeness (QED) is 0.193. The number of hydrogen-bond donors (Lipinski definition) is 1. The van der Waals surface area contributed by atoms with E-state index in [0.717, 1.165) is 27.7 Å². The van der Waals surface area contributed by atoms with Crippen LogP contribution in [0.3, 0.4) is 0 Å². The van der Waals surface area contributed by atoms with Crippen LogP contribution in [0, 0.1) is 5.92 Å². The molecule has 0 radical (unpaired) electrons. The van der Waals surface area contributed by atoms with E-state index >= 15 is 0 Å². The Balaban J connectivity index is 1.28. The molecule has 1 unspecified atom stereocenters. The highest BCUT2D eigenvalue weighted by molar-refractivity contribution is 6.31. The minimum atomic E-state index is -1.08. The first-order valence-electron chi connectivity index (χ1n) is 13.2. The lowest BCUT2D eigenvalue weighted by atomic mass is 10.1. The van der Waals surface area contributed by atoms with Crippen LogP contribution in [-0.2, 0) is 4.74 Å². The normalized spacial score (nSPS) is 14.2. The molecule has 0 saturated heterocycles. The summed E-state index contributed by atoms with van der Waals surface area (Å²) in [7, 11) is 1.50. The number of methoxy groups -OCH3 is 1. The van der Waals surface area contributed by atoms with Crippen LogP contribution in [-0.4, -0.2) is 42.5 Å². The van der Waals surface area contributed by atoms with E-state index in [9.17, 15) is 9.90 Å². The zero-order valence-corrected chi connectivity index (χ0v) is 22.9. The molecule has 0 spiro atoms. The maximum absolute atomic E-state index is 11.7. The van der Waals surface area contributed by atoms with Crippen molar-refractivity contribution in [3.8, 4) is 11.5 Å². The van der Waals surface area contributed by atoms with E-state index in [-0.39, 0.29) is 24.0 Å². The molecule has 1 aliphatic carbocycles. The highest BCUT2D eigenvalue weighted by atomic mass is 35.5. The average Bonchev–Trinajstić information content (AvgIpc) is 3.80. The van der Waals surface area contributed by atoms with E-state index < -0.39 is 5.97 Å². The summed E-state index contributed by atoms with van der Waals surface area (Å²) in [5.74, 6) is 0.242. The van der Waals surface area contributed by atoms with Gasteiger partial charge in [-0.25, -0.2) is 9.78 Å². The average molecular weight is 556 g/mol. The van der Waals surface area contributed by atoms with Crippen LogP contribution >= 0.6 is 11.6 Å². The lowest BCUT2D eigenvalue weighted by Gasteiger charge is -2.17. The van der Waals surface area contributed by atoms with Gasteiger partial charge in [-0.2, -0.15) is 0 Å². The Bertz CT molecular complexity index is 1560. The highest BCUT2D eigenvalue weighted by Crippen LogP contribution is 2.30. The molecule has 3 aromatic carbocycles. The molecule has 7 heteroatoms. The van der Waals surface area contributed by atoms with Crippen LogP contribution in [0.25, 0.3) is 29.1 Å². The molecule has 6 nitrogen and oxygen atoms in total. The number of fused-ring (bicyclic) bond motifs is 1. The number of aromatic carboxylic acids is 1. The Hall–Kier alpha value is -4.13. The fourth-order valence-corrected chi connectivity index (χ4v) is 4.34. The van der Waals surface area contributed by atoms with Crippen molar-refractivity contribution in [1.82, 2.24) is 4.98 Å². The zero-order chi connectivity index (χ0) is 27.9. The van der Waals surface area contributed by atoms with Crippen LogP contribution in [0.1, 0.15) is 40.0 Å². The number of aromatic nitrogens is 1. The van der Waals surface area contributed by atoms with Gasteiger partial charge in [-0.1, -0.05) is 60.2 Å². The third-order valence-corrected chi connectivity index (χ3v) is 6.83. The molecule has 204 valence electrons. The molecule has 1 fully saturated rings. The minimum absolute atomic E-state index is 0.0489. The van der Waals surface area contributed by atoms with Crippen molar-refractivity contribution in [3.05, 3.63) is 106 Å². The standard InChI is InChI=1S/C33H30ClNO5/c1-38-28-15-16-32(30(19-28)33(36)37)40-21-29(39-20-24-5-6-24)14-8-23-4-2-3-22(17-23)7-12-27-13-10-25-9-11-26(34)18-31(25)35-27/h2-4,7-19,24,29H,5-6,20-21H2,1H3,(H,36,37)/b12-7+,14-8+. The SMILES string of the molecule is COc1ccc(OCC(/C=C/c2cccc(/C=C/c3ccc4ccc(Cl)cc4n3)c2)OCC2CC2)c(C(=O)O)c1. The summed E-state index contributed by atoms with van der Waals surface area (Å²) in [6.45, 7) is 0.840. The molecule has 0 aliphatic heterocycles. The van der Waals surface area contributed by atoms with Gasteiger partial charge in [0.1, 0.15) is 29.8 Å². The summed E-state index contributed by atoms with van der Waals surface area (Å²) >= 11 is 6.12. The second-order valence-corrected chi connectivity index (χ2v) is 10.2. The van der Waals surface area contributed by atoms with Crippen LogP contribution in [0.2, 0.25) is 5.02 Å². The number of ether oxygens (including phenoxy) is 3. The number of carboxylic acids is 1. The van der Waals surface area contributed by atoms with Crippen molar-refractivity contribution in [2.24, 2.45) is 5.92 Å². The lowest BCUT2D eigenvalue weighted by molar-refractivity contribution is 0.0435. The van der Waals surface area contributed by atoms with Crippen molar-refractivity contribution in [2.45, 2.75) is 18.9 Å². The molecule has 1 atom stereocenters. The van der Waals surface area contributed by atoms with E-state index in [1.54, 1.807) is 12.1 Å². The second-order valence-electron chi connectivity index (χ2n) is 9.73. The van der Waals surface area contributed by atoms with Gasteiger partial charge in [0, 0.05) is 10.4 Å². The Labute approximate surface area is 238 Å². The summed E-state index contributed by atoms with van der Waals surface area (Å²) in [6.07, 6.45) is 9.98. The number of nitrogens with zero attached hydrogens (tertiary/aromatic N) is 1. The van der Waals surface area contributed by atoms with Gasteiger partial charge >= 0.3 is 5.97 Å². The Kier molecular flexibility index (Phi) is 8.79. The Morgan fingerprint density at radius 3 is 2.60 bits per heavy atom. The minimum Gasteiger partial charge on any atom is -0.497 e. The first kappa shape index (κ1) is 27.4. The monoisotopic (exact) mass is 555 g/mol. The van der Waals surface area contributed by atoms with E-state index in [2.05, 4.69) is 11.1 Å². The van der Waals surface area contributed by atoms with E-state index in [4.69, 9.17) is 25.8 Å². The van der Waals surface area contributed by atoms with Gasteiger partial charge < -0.3 is 19.3 Å². The molecule has 1 heterocycles. The molecule has 4 aromatic rings. The third-order valence-electron chi connectivity index (χ3n) is 6.60. The summed E-state index contributed by atoms with van der Waals surface area (Å²) < 4.78 is 17.2. The molecule has 0 amide bonds. The molecular weight excluding hydrogens is 526 g/mol. The number of pyridine rings is 1. The number of benzene rings is 3. The summed E-state index contributed by atoms with van der Waals surface area (Å²) in [5, 5.41) is 11.3. The van der Waals surface area contributed by atoms with Crippen molar-refractivity contribution >= 4 is 46.7 Å². The van der Waals surface area contributed by atoms with Crippen molar-refractivity contribution < 1.29 is 24.1 Å². The zero-order valence-electron chi connectivity index (χ0n) is 22.1. The van der Waals surface area contributed by atoms with Crippen LogP contribution in [0.5, 0.6) is 11.5 Å². The lowest BCUT2D eigenvalue weighted by Crippen LogP contribution is -2.21. The van der Waals surface area contributed by atoms with Gasteiger partial charge in [-0.15, -0.1) is 0 Å². The fraction of sp³-hybridized carbons (Fsp3) is 0.212. The number of hydrogen-bond acceptors (Lipinski definition) is 5. The Morgan fingerprint density at radius 2 is 1.82 bits per heavy atom. The molecule has 0 bridgehead atoms. The largest absolute Gasteiger partial charge is 0.497 e. The summed E-state index contributed by atoms with van der Waals surface area (Å²) in [5.41, 5.74) is 3.80.